The summed E-state index contributed by atoms with van der Waals surface area (Å²) in [5.41, 5.74) is 0.506. The van der Waals surface area contributed by atoms with Crippen molar-refractivity contribution < 1.29 is 22.7 Å². The number of hydrogen-bond donors (Lipinski definition) is 1. The second-order valence-electron chi connectivity index (χ2n) is 7.12. The van der Waals surface area contributed by atoms with Crippen molar-refractivity contribution in [1.82, 2.24) is 4.57 Å². The third-order valence-electron chi connectivity index (χ3n) is 4.94. The van der Waals surface area contributed by atoms with Crippen LogP contribution in [0.25, 0.3) is 0 Å². The number of carbonyl (C=O) groups is 1. The molecule has 0 aliphatic rings. The van der Waals surface area contributed by atoms with Gasteiger partial charge >= 0.3 is 0 Å². The van der Waals surface area contributed by atoms with E-state index in [1.165, 1.54) is 26.4 Å². The van der Waals surface area contributed by atoms with Gasteiger partial charge in [0.2, 0.25) is 15.7 Å². The van der Waals surface area contributed by atoms with Gasteiger partial charge in [0.15, 0.2) is 11.5 Å². The van der Waals surface area contributed by atoms with E-state index in [4.69, 9.17) is 9.47 Å². The second-order valence-corrected chi connectivity index (χ2v) is 9.01. The molecular weight excluding hydrogens is 432 g/mol. The maximum absolute atomic E-state index is 13.2. The number of pyridine rings is 1. The Balaban J connectivity index is 1.95. The minimum atomic E-state index is -4.05. The van der Waals surface area contributed by atoms with Crippen molar-refractivity contribution in [3.8, 4) is 11.5 Å². The van der Waals surface area contributed by atoms with Crippen LogP contribution in [0, 0.1) is 13.8 Å². The monoisotopic (exact) mass is 456 g/mol. The molecule has 2 aromatic carbocycles. The van der Waals surface area contributed by atoms with Gasteiger partial charge in [0.25, 0.3) is 5.56 Å². The number of aryl methyl sites for hydroxylation is 2. The SMILES string of the molecule is COc1ccc(NC(=O)Cn2c(C)cc(C)c(S(=O)(=O)c3ccccc3)c2=O)cc1OC. The van der Waals surface area contributed by atoms with E-state index < -0.39 is 21.3 Å². The lowest BCUT2D eigenvalue weighted by Gasteiger charge is -2.15. The number of benzene rings is 2. The van der Waals surface area contributed by atoms with E-state index in [1.54, 1.807) is 56.3 Å². The number of carbonyl (C=O) groups excluding carboxylic acids is 1. The van der Waals surface area contributed by atoms with Gasteiger partial charge in [0.05, 0.1) is 19.1 Å². The molecule has 0 spiro atoms. The van der Waals surface area contributed by atoms with Gasteiger partial charge in [0, 0.05) is 17.4 Å². The van der Waals surface area contributed by atoms with Gasteiger partial charge in [-0.25, -0.2) is 8.42 Å². The molecule has 0 unspecified atom stereocenters. The number of anilines is 1. The summed E-state index contributed by atoms with van der Waals surface area (Å²) in [7, 11) is -1.06. The molecule has 1 heterocycles. The lowest BCUT2D eigenvalue weighted by atomic mass is 10.2. The van der Waals surface area contributed by atoms with Crippen molar-refractivity contribution in [3.63, 3.8) is 0 Å². The molecule has 9 heteroatoms. The molecule has 3 rings (SSSR count). The Labute approximate surface area is 186 Å². The van der Waals surface area contributed by atoms with Crippen LogP contribution in [0.5, 0.6) is 11.5 Å². The Morgan fingerprint density at radius 1 is 0.969 bits per heavy atom. The Morgan fingerprint density at radius 3 is 2.25 bits per heavy atom. The van der Waals surface area contributed by atoms with Gasteiger partial charge in [0.1, 0.15) is 11.4 Å². The van der Waals surface area contributed by atoms with Gasteiger partial charge in [-0.2, -0.15) is 0 Å². The number of amides is 1. The molecule has 1 aromatic heterocycles. The molecule has 1 amide bonds. The first-order chi connectivity index (χ1) is 15.2. The lowest BCUT2D eigenvalue weighted by Crippen LogP contribution is -2.33. The van der Waals surface area contributed by atoms with Crippen molar-refractivity contribution in [3.05, 3.63) is 76.2 Å². The fourth-order valence-electron chi connectivity index (χ4n) is 3.41. The second kappa shape index (κ2) is 9.27. The summed E-state index contributed by atoms with van der Waals surface area (Å²) in [6.45, 7) is 2.87. The highest BCUT2D eigenvalue weighted by atomic mass is 32.2. The van der Waals surface area contributed by atoms with Gasteiger partial charge in [-0.15, -0.1) is 0 Å². The summed E-state index contributed by atoms with van der Waals surface area (Å²) < 4.78 is 37.8. The number of methoxy groups -OCH3 is 2. The number of aromatic nitrogens is 1. The van der Waals surface area contributed by atoms with E-state index in [0.29, 0.717) is 28.4 Å². The predicted octanol–water partition coefficient (Wildman–Crippen LogP) is 2.95. The third-order valence-corrected chi connectivity index (χ3v) is 6.87. The highest BCUT2D eigenvalue weighted by Gasteiger charge is 2.26. The minimum Gasteiger partial charge on any atom is -0.493 e. The van der Waals surface area contributed by atoms with Crippen molar-refractivity contribution in [2.24, 2.45) is 0 Å². The van der Waals surface area contributed by atoms with E-state index in [2.05, 4.69) is 5.32 Å². The summed E-state index contributed by atoms with van der Waals surface area (Å²) in [6.07, 6.45) is 0. The molecule has 3 aromatic rings. The number of nitrogens with zero attached hydrogens (tertiary/aromatic N) is 1. The van der Waals surface area contributed by atoms with Crippen LogP contribution >= 0.6 is 0 Å². The van der Waals surface area contributed by atoms with Crippen LogP contribution in [0.3, 0.4) is 0 Å². The van der Waals surface area contributed by atoms with Crippen LogP contribution in [0.2, 0.25) is 0 Å². The molecule has 1 N–H and O–H groups in total. The first-order valence-corrected chi connectivity index (χ1v) is 11.2. The lowest BCUT2D eigenvalue weighted by molar-refractivity contribution is -0.116. The molecule has 0 fully saturated rings. The summed E-state index contributed by atoms with van der Waals surface area (Å²) in [5, 5.41) is 2.69. The van der Waals surface area contributed by atoms with Crippen molar-refractivity contribution >= 4 is 21.4 Å². The van der Waals surface area contributed by atoms with Gasteiger partial charge < -0.3 is 19.4 Å². The van der Waals surface area contributed by atoms with Crippen LogP contribution in [-0.2, 0) is 21.2 Å². The average Bonchev–Trinajstić information content (AvgIpc) is 2.76. The van der Waals surface area contributed by atoms with E-state index in [1.807, 2.05) is 0 Å². The highest BCUT2D eigenvalue weighted by molar-refractivity contribution is 7.91. The fourth-order valence-corrected chi connectivity index (χ4v) is 4.98. The molecule has 168 valence electrons. The first kappa shape index (κ1) is 23.1. The molecule has 32 heavy (non-hydrogen) atoms. The van der Waals surface area contributed by atoms with Crippen LogP contribution in [-0.4, -0.2) is 33.1 Å². The van der Waals surface area contributed by atoms with Gasteiger partial charge in [-0.05, 0) is 49.7 Å². The number of ether oxygens (including phenoxy) is 2. The molecule has 0 aliphatic heterocycles. The quantitative estimate of drug-likeness (QED) is 0.586. The Morgan fingerprint density at radius 2 is 1.62 bits per heavy atom. The highest BCUT2D eigenvalue weighted by Crippen LogP contribution is 2.29. The predicted molar refractivity (Wildman–Crippen MR) is 120 cm³/mol. The number of nitrogens with one attached hydrogen (secondary N) is 1. The maximum atomic E-state index is 13.2. The zero-order valence-electron chi connectivity index (χ0n) is 18.2. The van der Waals surface area contributed by atoms with E-state index in [9.17, 15) is 18.0 Å². The van der Waals surface area contributed by atoms with E-state index in [-0.39, 0.29) is 16.3 Å². The molecule has 0 aliphatic carbocycles. The molecule has 0 radical (unpaired) electrons. The molecule has 8 nitrogen and oxygen atoms in total. The van der Waals surface area contributed by atoms with Crippen molar-refractivity contribution in [2.75, 3.05) is 19.5 Å². The third kappa shape index (κ3) is 4.52. The number of hydrogen-bond acceptors (Lipinski definition) is 6. The van der Waals surface area contributed by atoms with E-state index in [0.717, 1.165) is 4.57 Å². The van der Waals surface area contributed by atoms with Crippen LogP contribution in [0.1, 0.15) is 11.3 Å². The molecule has 0 atom stereocenters. The smallest absolute Gasteiger partial charge is 0.270 e. The summed E-state index contributed by atoms with van der Waals surface area (Å²) in [5.74, 6) is 0.450. The van der Waals surface area contributed by atoms with Crippen LogP contribution in [0.4, 0.5) is 5.69 Å². The topological polar surface area (TPSA) is 104 Å². The Kier molecular flexibility index (Phi) is 6.69. The normalized spacial score (nSPS) is 11.1. The van der Waals surface area contributed by atoms with Gasteiger partial charge in [-0.1, -0.05) is 18.2 Å². The molecule has 0 saturated carbocycles. The first-order valence-electron chi connectivity index (χ1n) is 9.72. The molecular formula is C23H24N2O6S. The van der Waals surface area contributed by atoms with Crippen LogP contribution < -0.4 is 20.3 Å². The van der Waals surface area contributed by atoms with E-state index >= 15 is 0 Å². The largest absolute Gasteiger partial charge is 0.493 e. The minimum absolute atomic E-state index is 0.0189. The standard InChI is InChI=1S/C23H24N2O6S/c1-15-12-16(2)25(23(27)22(15)32(28,29)18-8-6-5-7-9-18)14-21(26)24-17-10-11-19(30-3)20(13-17)31-4/h5-13H,14H2,1-4H3,(H,24,26). The summed E-state index contributed by atoms with van der Waals surface area (Å²) in [4.78, 5) is 25.5. The summed E-state index contributed by atoms with van der Waals surface area (Å²) >= 11 is 0. The Bertz CT molecular complexity index is 1310. The fraction of sp³-hybridized carbons (Fsp3) is 0.217. The molecule has 0 saturated heterocycles. The number of rotatable bonds is 7. The zero-order valence-corrected chi connectivity index (χ0v) is 19.0. The zero-order chi connectivity index (χ0) is 23.5. The van der Waals surface area contributed by atoms with Crippen LogP contribution in [0.15, 0.2) is 69.2 Å². The maximum Gasteiger partial charge on any atom is 0.270 e. The Hall–Kier alpha value is -3.59. The number of sulfone groups is 1. The summed E-state index contributed by atoms with van der Waals surface area (Å²) in [6, 6.07) is 14.2. The molecule has 0 bridgehead atoms. The van der Waals surface area contributed by atoms with Crippen molar-refractivity contribution in [2.45, 2.75) is 30.2 Å². The van der Waals surface area contributed by atoms with Gasteiger partial charge in [-0.3, -0.25) is 9.59 Å². The average molecular weight is 457 g/mol. The van der Waals surface area contributed by atoms with Crippen molar-refractivity contribution in [1.29, 1.82) is 0 Å².